The van der Waals surface area contributed by atoms with Gasteiger partial charge in [-0.05, 0) is 35.7 Å². The summed E-state index contributed by atoms with van der Waals surface area (Å²) in [6.07, 6.45) is 0.595. The summed E-state index contributed by atoms with van der Waals surface area (Å²) in [5.41, 5.74) is 4.24. The van der Waals surface area contributed by atoms with Gasteiger partial charge in [-0.1, -0.05) is 12.1 Å². The van der Waals surface area contributed by atoms with Gasteiger partial charge in [0.05, 0.1) is 11.3 Å². The van der Waals surface area contributed by atoms with E-state index in [2.05, 4.69) is 0 Å². The van der Waals surface area contributed by atoms with E-state index in [1.165, 1.54) is 22.5 Å². The van der Waals surface area contributed by atoms with E-state index in [0.717, 1.165) is 11.1 Å². The van der Waals surface area contributed by atoms with Crippen LogP contribution in [0.2, 0.25) is 0 Å². The van der Waals surface area contributed by atoms with Gasteiger partial charge in [0.1, 0.15) is 5.75 Å². The first kappa shape index (κ1) is 17.7. The molecule has 4 rings (SSSR count). The van der Waals surface area contributed by atoms with E-state index in [9.17, 15) is 18.0 Å². The lowest BCUT2D eigenvalue weighted by Crippen LogP contribution is -2.36. The van der Waals surface area contributed by atoms with Crippen LogP contribution in [0.15, 0.2) is 41.3 Å². The molecule has 2 aliphatic heterocycles. The van der Waals surface area contributed by atoms with Crippen molar-refractivity contribution < 1.29 is 28.0 Å². The number of hydroxylamine groups is 1. The van der Waals surface area contributed by atoms with Gasteiger partial charge in [-0.15, -0.1) is 0 Å². The second kappa shape index (κ2) is 6.45. The van der Waals surface area contributed by atoms with E-state index in [1.54, 1.807) is 23.7 Å². The van der Waals surface area contributed by atoms with Crippen molar-refractivity contribution in [2.45, 2.75) is 24.3 Å². The van der Waals surface area contributed by atoms with E-state index in [4.69, 9.17) is 9.94 Å². The Balaban J connectivity index is 1.61. The van der Waals surface area contributed by atoms with Gasteiger partial charge in [-0.25, -0.2) is 13.9 Å². The first-order valence-corrected chi connectivity index (χ1v) is 9.72. The lowest BCUT2D eigenvalue weighted by Gasteiger charge is -2.28. The maximum absolute atomic E-state index is 13.0. The maximum Gasteiger partial charge on any atom is 0.315 e. The summed E-state index contributed by atoms with van der Waals surface area (Å²) < 4.78 is 32.4. The lowest BCUT2D eigenvalue weighted by atomic mass is 9.98. The minimum absolute atomic E-state index is 0.0793. The second-order valence-corrected chi connectivity index (χ2v) is 8.37. The maximum atomic E-state index is 13.0. The summed E-state index contributed by atoms with van der Waals surface area (Å²) in [7, 11) is -3.75. The molecular formula is C18H16N2O6S. The summed E-state index contributed by atoms with van der Waals surface area (Å²) in [5.74, 6) is -0.715. The normalized spacial score (nSPS) is 16.4. The molecule has 140 valence electrons. The van der Waals surface area contributed by atoms with Gasteiger partial charge >= 0.3 is 5.97 Å². The SMILES string of the molecule is O=C1Cc2ccc(S(=O)(=O)N3CCc4cc(C(=O)NO)ccc4C3)cc2O1. The highest BCUT2D eigenvalue weighted by Gasteiger charge is 2.30. The fraction of sp³-hybridized carbons (Fsp3) is 0.222. The molecule has 0 fully saturated rings. The third-order valence-electron chi connectivity index (χ3n) is 4.78. The van der Waals surface area contributed by atoms with E-state index in [1.807, 2.05) is 0 Å². The van der Waals surface area contributed by atoms with Crippen LogP contribution >= 0.6 is 0 Å². The number of nitrogens with one attached hydrogen (secondary N) is 1. The summed E-state index contributed by atoms with van der Waals surface area (Å²) >= 11 is 0. The fourth-order valence-electron chi connectivity index (χ4n) is 3.34. The zero-order valence-corrected chi connectivity index (χ0v) is 15.0. The van der Waals surface area contributed by atoms with E-state index in [-0.39, 0.29) is 30.2 Å². The number of fused-ring (bicyclic) bond motifs is 2. The Morgan fingerprint density at radius 1 is 1.11 bits per heavy atom. The third kappa shape index (κ3) is 3.09. The zero-order valence-electron chi connectivity index (χ0n) is 14.1. The number of carbonyl (C=O) groups excluding carboxylic acids is 2. The number of rotatable bonds is 3. The topological polar surface area (TPSA) is 113 Å². The summed E-state index contributed by atoms with van der Waals surface area (Å²) in [6.45, 7) is 0.436. The molecule has 2 aromatic carbocycles. The van der Waals surface area contributed by atoms with Crippen LogP contribution < -0.4 is 10.2 Å². The van der Waals surface area contributed by atoms with Crippen LogP contribution in [0, 0.1) is 0 Å². The number of nitrogens with zero attached hydrogens (tertiary/aromatic N) is 1. The lowest BCUT2D eigenvalue weighted by molar-refractivity contribution is -0.131. The van der Waals surface area contributed by atoms with Crippen molar-refractivity contribution in [1.29, 1.82) is 0 Å². The number of amides is 1. The molecule has 27 heavy (non-hydrogen) atoms. The molecule has 8 nitrogen and oxygen atoms in total. The molecule has 9 heteroatoms. The molecule has 0 saturated heterocycles. The second-order valence-electron chi connectivity index (χ2n) is 6.43. The van der Waals surface area contributed by atoms with Crippen molar-refractivity contribution in [3.05, 3.63) is 58.7 Å². The number of carbonyl (C=O) groups is 2. The first-order valence-electron chi connectivity index (χ1n) is 8.28. The van der Waals surface area contributed by atoms with Gasteiger partial charge in [0, 0.05) is 30.3 Å². The Kier molecular flexibility index (Phi) is 4.22. The molecule has 0 bridgehead atoms. The van der Waals surface area contributed by atoms with Crippen molar-refractivity contribution >= 4 is 21.9 Å². The number of ether oxygens (including phenoxy) is 1. The summed E-state index contributed by atoms with van der Waals surface area (Å²) in [6, 6.07) is 9.35. The van der Waals surface area contributed by atoms with Gasteiger partial charge in [0.25, 0.3) is 5.91 Å². The van der Waals surface area contributed by atoms with E-state index in [0.29, 0.717) is 17.5 Å². The summed E-state index contributed by atoms with van der Waals surface area (Å²) in [5, 5.41) is 8.73. The Morgan fingerprint density at radius 3 is 2.67 bits per heavy atom. The van der Waals surface area contributed by atoms with Crippen molar-refractivity contribution in [1.82, 2.24) is 9.79 Å². The minimum Gasteiger partial charge on any atom is -0.426 e. The van der Waals surface area contributed by atoms with Crippen molar-refractivity contribution in [2.75, 3.05) is 6.54 Å². The number of hydrogen-bond acceptors (Lipinski definition) is 6. The molecule has 2 N–H and O–H groups in total. The van der Waals surface area contributed by atoms with Crippen molar-refractivity contribution in [3.8, 4) is 5.75 Å². The van der Waals surface area contributed by atoms with Crippen LogP contribution in [-0.4, -0.2) is 36.4 Å². The van der Waals surface area contributed by atoms with Gasteiger partial charge in [0.2, 0.25) is 10.0 Å². The average molecular weight is 388 g/mol. The van der Waals surface area contributed by atoms with E-state index < -0.39 is 21.9 Å². The monoisotopic (exact) mass is 388 g/mol. The smallest absolute Gasteiger partial charge is 0.315 e. The van der Waals surface area contributed by atoms with Crippen LogP contribution in [0.3, 0.4) is 0 Å². The first-order chi connectivity index (χ1) is 12.9. The Bertz CT molecular complexity index is 1060. The Labute approximate surface area is 155 Å². The largest absolute Gasteiger partial charge is 0.426 e. The number of benzene rings is 2. The average Bonchev–Trinajstić information content (AvgIpc) is 3.05. The minimum atomic E-state index is -3.75. The molecule has 2 heterocycles. The molecule has 0 saturated carbocycles. The predicted octanol–water partition coefficient (Wildman–Crippen LogP) is 1.01. The van der Waals surface area contributed by atoms with Crippen LogP contribution in [0.25, 0.3) is 0 Å². The molecule has 0 aromatic heterocycles. The van der Waals surface area contributed by atoms with Gasteiger partial charge in [-0.3, -0.25) is 14.8 Å². The highest BCUT2D eigenvalue weighted by Crippen LogP contribution is 2.31. The van der Waals surface area contributed by atoms with Gasteiger partial charge in [-0.2, -0.15) is 4.31 Å². The van der Waals surface area contributed by atoms with Crippen LogP contribution in [0.1, 0.15) is 27.0 Å². The van der Waals surface area contributed by atoms with Crippen LogP contribution in [0.4, 0.5) is 0 Å². The quantitative estimate of drug-likeness (QED) is 0.351. The van der Waals surface area contributed by atoms with Crippen molar-refractivity contribution in [3.63, 3.8) is 0 Å². The molecule has 0 aliphatic carbocycles. The van der Waals surface area contributed by atoms with Crippen LogP contribution in [-0.2, 0) is 34.2 Å². The number of hydrogen-bond donors (Lipinski definition) is 2. The summed E-state index contributed by atoms with van der Waals surface area (Å²) in [4.78, 5) is 23.0. The van der Waals surface area contributed by atoms with E-state index >= 15 is 0 Å². The molecular weight excluding hydrogens is 372 g/mol. The van der Waals surface area contributed by atoms with Crippen molar-refractivity contribution in [2.24, 2.45) is 0 Å². The Morgan fingerprint density at radius 2 is 1.89 bits per heavy atom. The number of sulfonamides is 1. The molecule has 0 spiro atoms. The fourth-order valence-corrected chi connectivity index (χ4v) is 4.77. The molecule has 2 aliphatic rings. The Hall–Kier alpha value is -2.75. The third-order valence-corrected chi connectivity index (χ3v) is 6.62. The molecule has 0 atom stereocenters. The molecule has 1 amide bonds. The zero-order chi connectivity index (χ0) is 19.2. The molecule has 0 radical (unpaired) electrons. The number of esters is 1. The standard InChI is InChI=1S/C18H16N2O6S/c21-17-8-12-3-4-15(9-16(12)26-17)27(24,25)20-6-5-11-7-13(18(22)19-23)1-2-14(11)10-20/h1-4,7,9,23H,5-6,8,10H2,(H,19,22). The predicted molar refractivity (Wildman–Crippen MR) is 92.8 cm³/mol. The highest BCUT2D eigenvalue weighted by atomic mass is 32.2. The highest BCUT2D eigenvalue weighted by molar-refractivity contribution is 7.89. The molecule has 0 unspecified atom stereocenters. The molecule has 2 aromatic rings. The van der Waals surface area contributed by atoms with Gasteiger partial charge in [0.15, 0.2) is 0 Å². The van der Waals surface area contributed by atoms with Crippen LogP contribution in [0.5, 0.6) is 5.75 Å². The van der Waals surface area contributed by atoms with Gasteiger partial charge < -0.3 is 4.74 Å².